The zero-order chi connectivity index (χ0) is 21.1. The van der Waals surface area contributed by atoms with Gasteiger partial charge in [-0.3, -0.25) is 14.4 Å². The first kappa shape index (κ1) is 20.1. The fourth-order valence-corrected chi connectivity index (χ4v) is 4.25. The van der Waals surface area contributed by atoms with Gasteiger partial charge in [0.05, 0.1) is 0 Å². The second-order valence-corrected chi connectivity index (χ2v) is 8.16. The summed E-state index contributed by atoms with van der Waals surface area (Å²) in [7, 11) is 0. The number of rotatable bonds is 5. The minimum atomic E-state index is -0.299. The van der Waals surface area contributed by atoms with Crippen LogP contribution in [0.1, 0.15) is 46.3 Å². The van der Waals surface area contributed by atoms with Gasteiger partial charge in [0.25, 0.3) is 5.91 Å². The molecule has 0 radical (unpaired) electrons. The Bertz CT molecular complexity index is 954. The fourth-order valence-electron chi connectivity index (χ4n) is 4.25. The van der Waals surface area contributed by atoms with Crippen LogP contribution >= 0.6 is 0 Å². The number of carbonyl (C=O) groups excluding carboxylic acids is 3. The molecule has 4 rings (SSSR count). The Balaban J connectivity index is 1.35. The van der Waals surface area contributed by atoms with Gasteiger partial charge in [-0.2, -0.15) is 0 Å². The van der Waals surface area contributed by atoms with Gasteiger partial charge in [-0.15, -0.1) is 0 Å². The molecule has 0 aromatic heterocycles. The van der Waals surface area contributed by atoms with E-state index in [-0.39, 0.29) is 30.3 Å². The highest BCUT2D eigenvalue weighted by molar-refractivity contribution is 5.95. The van der Waals surface area contributed by atoms with Gasteiger partial charge in [-0.05, 0) is 49.4 Å². The van der Waals surface area contributed by atoms with E-state index < -0.39 is 0 Å². The topological polar surface area (TPSA) is 69.7 Å². The molecule has 2 fully saturated rings. The smallest absolute Gasteiger partial charge is 0.251 e. The summed E-state index contributed by atoms with van der Waals surface area (Å²) >= 11 is 0. The van der Waals surface area contributed by atoms with Crippen LogP contribution in [0.5, 0.6) is 0 Å². The van der Waals surface area contributed by atoms with Crippen LogP contribution in [0.15, 0.2) is 48.5 Å². The Labute approximate surface area is 176 Å². The van der Waals surface area contributed by atoms with E-state index in [2.05, 4.69) is 5.32 Å². The Morgan fingerprint density at radius 3 is 2.63 bits per heavy atom. The summed E-state index contributed by atoms with van der Waals surface area (Å²) in [5, 5.41) is 2.93. The summed E-state index contributed by atoms with van der Waals surface area (Å²) in [4.78, 5) is 41.0. The first-order valence-electron chi connectivity index (χ1n) is 10.5. The summed E-state index contributed by atoms with van der Waals surface area (Å²) < 4.78 is 0. The van der Waals surface area contributed by atoms with Crippen LogP contribution in [0.2, 0.25) is 0 Å². The first-order chi connectivity index (χ1) is 14.5. The highest BCUT2D eigenvalue weighted by atomic mass is 16.2. The normalized spacial score (nSPS) is 18.9. The molecule has 0 saturated carbocycles. The SMILES string of the molecule is Cc1cccc(CNC(=O)c2ccc(CN3CC(=O)N4CCCC[C@H]4C3=O)cc2)c1. The summed E-state index contributed by atoms with van der Waals surface area (Å²) in [5.41, 5.74) is 3.71. The number of aryl methyl sites for hydroxylation is 1. The number of nitrogens with zero attached hydrogens (tertiary/aromatic N) is 2. The Morgan fingerprint density at radius 2 is 1.87 bits per heavy atom. The molecular weight excluding hydrogens is 378 g/mol. The average Bonchev–Trinajstić information content (AvgIpc) is 2.76. The van der Waals surface area contributed by atoms with Gasteiger partial charge in [0, 0.05) is 25.2 Å². The largest absolute Gasteiger partial charge is 0.348 e. The third-order valence-corrected chi connectivity index (χ3v) is 5.87. The van der Waals surface area contributed by atoms with Crippen molar-refractivity contribution in [3.8, 4) is 0 Å². The standard InChI is InChI=1S/C24H27N3O3/c1-17-5-4-6-19(13-17)14-25-23(29)20-10-8-18(9-11-20)15-26-16-22(28)27-12-3-2-7-21(27)24(26)30/h4-6,8-11,13,21H,2-3,7,12,14-16H2,1H3,(H,25,29)/t21-/m0/s1. The number of carbonyl (C=O) groups is 3. The lowest BCUT2D eigenvalue weighted by atomic mass is 9.98. The first-order valence-corrected chi connectivity index (χ1v) is 10.5. The molecular formula is C24H27N3O3. The summed E-state index contributed by atoms with van der Waals surface area (Å²) in [5.74, 6) is -0.0640. The number of amides is 3. The maximum absolute atomic E-state index is 12.8. The molecule has 2 heterocycles. The van der Waals surface area contributed by atoms with Gasteiger partial charge < -0.3 is 15.1 Å². The maximum atomic E-state index is 12.8. The molecule has 2 aliphatic rings. The van der Waals surface area contributed by atoms with Gasteiger partial charge in [0.15, 0.2) is 0 Å². The lowest BCUT2D eigenvalue weighted by Gasteiger charge is -2.42. The van der Waals surface area contributed by atoms with Gasteiger partial charge >= 0.3 is 0 Å². The van der Waals surface area contributed by atoms with E-state index in [4.69, 9.17) is 0 Å². The highest BCUT2D eigenvalue weighted by Gasteiger charge is 2.40. The molecule has 2 aliphatic heterocycles. The van der Waals surface area contributed by atoms with Crippen molar-refractivity contribution in [3.63, 3.8) is 0 Å². The van der Waals surface area contributed by atoms with Crippen molar-refractivity contribution in [2.24, 2.45) is 0 Å². The number of hydrogen-bond acceptors (Lipinski definition) is 3. The van der Waals surface area contributed by atoms with Crippen LogP contribution in [0, 0.1) is 6.92 Å². The van der Waals surface area contributed by atoms with Crippen molar-refractivity contribution in [3.05, 3.63) is 70.8 Å². The van der Waals surface area contributed by atoms with Crippen molar-refractivity contribution in [1.82, 2.24) is 15.1 Å². The maximum Gasteiger partial charge on any atom is 0.251 e. The number of piperidine rings is 1. The predicted octanol–water partition coefficient (Wildman–Crippen LogP) is 2.65. The molecule has 0 spiro atoms. The van der Waals surface area contributed by atoms with Gasteiger partial charge in [0.2, 0.25) is 11.8 Å². The number of hydrogen-bond donors (Lipinski definition) is 1. The Kier molecular flexibility index (Phi) is 5.84. The Hall–Kier alpha value is -3.15. The molecule has 3 amide bonds. The molecule has 2 aromatic rings. The molecule has 1 N–H and O–H groups in total. The van der Waals surface area contributed by atoms with Crippen molar-refractivity contribution in [2.75, 3.05) is 13.1 Å². The number of fused-ring (bicyclic) bond motifs is 1. The van der Waals surface area contributed by atoms with Gasteiger partial charge in [-0.1, -0.05) is 42.0 Å². The minimum Gasteiger partial charge on any atom is -0.348 e. The van der Waals surface area contributed by atoms with Gasteiger partial charge in [-0.25, -0.2) is 0 Å². The van der Waals surface area contributed by atoms with E-state index in [1.165, 1.54) is 0 Å². The lowest BCUT2D eigenvalue weighted by molar-refractivity contribution is -0.158. The van der Waals surface area contributed by atoms with E-state index >= 15 is 0 Å². The van der Waals surface area contributed by atoms with Crippen molar-refractivity contribution < 1.29 is 14.4 Å². The summed E-state index contributed by atoms with van der Waals surface area (Å²) in [6, 6.07) is 15.0. The van der Waals surface area contributed by atoms with E-state index in [1.54, 1.807) is 21.9 Å². The van der Waals surface area contributed by atoms with E-state index in [0.29, 0.717) is 25.2 Å². The van der Waals surface area contributed by atoms with Crippen molar-refractivity contribution in [2.45, 2.75) is 45.3 Å². The van der Waals surface area contributed by atoms with E-state index in [1.807, 2.05) is 43.3 Å². The van der Waals surface area contributed by atoms with Gasteiger partial charge in [0.1, 0.15) is 12.6 Å². The summed E-state index contributed by atoms with van der Waals surface area (Å²) in [6.07, 6.45) is 2.71. The third-order valence-electron chi connectivity index (χ3n) is 5.87. The lowest BCUT2D eigenvalue weighted by Crippen LogP contribution is -2.60. The predicted molar refractivity (Wildman–Crippen MR) is 114 cm³/mol. The molecule has 156 valence electrons. The molecule has 2 saturated heterocycles. The molecule has 2 aromatic carbocycles. The second-order valence-electron chi connectivity index (χ2n) is 8.16. The zero-order valence-electron chi connectivity index (χ0n) is 17.3. The third kappa shape index (κ3) is 4.37. The quantitative estimate of drug-likeness (QED) is 0.832. The summed E-state index contributed by atoms with van der Waals surface area (Å²) in [6.45, 7) is 3.71. The molecule has 6 nitrogen and oxygen atoms in total. The van der Waals surface area contributed by atoms with E-state index in [9.17, 15) is 14.4 Å². The number of piperazine rings is 1. The molecule has 30 heavy (non-hydrogen) atoms. The highest BCUT2D eigenvalue weighted by Crippen LogP contribution is 2.24. The monoisotopic (exact) mass is 405 g/mol. The molecule has 0 unspecified atom stereocenters. The van der Waals surface area contributed by atoms with Crippen LogP contribution in [0.4, 0.5) is 0 Å². The van der Waals surface area contributed by atoms with Crippen LogP contribution in [-0.2, 0) is 22.7 Å². The molecule has 0 aliphatic carbocycles. The van der Waals surface area contributed by atoms with Crippen LogP contribution < -0.4 is 5.32 Å². The van der Waals surface area contributed by atoms with Crippen LogP contribution in [-0.4, -0.2) is 46.7 Å². The zero-order valence-corrected chi connectivity index (χ0v) is 17.3. The van der Waals surface area contributed by atoms with Crippen molar-refractivity contribution >= 4 is 17.7 Å². The van der Waals surface area contributed by atoms with E-state index in [0.717, 1.165) is 36.0 Å². The number of benzene rings is 2. The number of nitrogens with one attached hydrogen (secondary N) is 1. The molecule has 1 atom stereocenters. The van der Waals surface area contributed by atoms with Crippen LogP contribution in [0.3, 0.4) is 0 Å². The Morgan fingerprint density at radius 1 is 1.07 bits per heavy atom. The fraction of sp³-hybridized carbons (Fsp3) is 0.375. The average molecular weight is 405 g/mol. The second kappa shape index (κ2) is 8.69. The minimum absolute atomic E-state index is 0.0337. The van der Waals surface area contributed by atoms with Crippen LogP contribution in [0.25, 0.3) is 0 Å². The molecule has 6 heteroatoms. The van der Waals surface area contributed by atoms with Crippen molar-refractivity contribution in [1.29, 1.82) is 0 Å². The molecule has 0 bridgehead atoms.